The number of nitrogens with zero attached hydrogens (tertiary/aromatic N) is 2. The van der Waals surface area contributed by atoms with Crippen LogP contribution in [-0.4, -0.2) is 59.7 Å². The number of benzene rings is 2. The largest absolute Gasteiger partial charge is 0.497 e. The van der Waals surface area contributed by atoms with Crippen molar-refractivity contribution in [3.05, 3.63) is 48.2 Å². The minimum absolute atomic E-state index is 0.0929. The van der Waals surface area contributed by atoms with Gasteiger partial charge in [-0.1, -0.05) is 18.2 Å². The van der Waals surface area contributed by atoms with E-state index in [1.165, 1.54) is 0 Å². The van der Waals surface area contributed by atoms with Gasteiger partial charge in [-0.15, -0.1) is 0 Å². The molecule has 6 nitrogen and oxygen atoms in total. The minimum atomic E-state index is -0.139. The molecule has 1 aromatic heterocycles. The summed E-state index contributed by atoms with van der Waals surface area (Å²) in [5.74, 6) is 0.918. The maximum atomic E-state index is 13.3. The number of fused-ring (bicyclic) bond motifs is 3. The summed E-state index contributed by atoms with van der Waals surface area (Å²) in [6, 6.07) is 14.5. The Balaban J connectivity index is 1.52. The molecule has 3 atom stereocenters. The first-order valence-electron chi connectivity index (χ1n) is 9.28. The number of likely N-dealkylation sites (N-methyl/N-ethyl adjacent to an activating group) is 1. The topological polar surface area (TPSA) is 70.2 Å². The van der Waals surface area contributed by atoms with Crippen molar-refractivity contribution in [3.63, 3.8) is 0 Å². The number of ketones is 1. The summed E-state index contributed by atoms with van der Waals surface area (Å²) in [5.41, 5.74) is 3.55. The van der Waals surface area contributed by atoms with Gasteiger partial charge >= 0.3 is 0 Å². The summed E-state index contributed by atoms with van der Waals surface area (Å²) in [6.45, 7) is 0.966. The Labute approximate surface area is 157 Å². The number of nitrogens with one attached hydrogen (secondary N) is 2. The van der Waals surface area contributed by atoms with E-state index in [0.29, 0.717) is 11.7 Å². The lowest BCUT2D eigenvalue weighted by Gasteiger charge is -2.30. The van der Waals surface area contributed by atoms with Crippen LogP contribution in [0.15, 0.2) is 42.5 Å². The van der Waals surface area contributed by atoms with E-state index in [0.717, 1.165) is 40.7 Å². The molecule has 3 heterocycles. The van der Waals surface area contributed by atoms with E-state index in [-0.39, 0.29) is 17.9 Å². The molecule has 27 heavy (non-hydrogen) atoms. The lowest BCUT2D eigenvalue weighted by atomic mass is 9.98. The number of hydrogen-bond donors (Lipinski definition) is 2. The average molecular weight is 362 g/mol. The molecule has 2 saturated heterocycles. The molecule has 0 saturated carbocycles. The molecular formula is C21H22N4O2. The smallest absolute Gasteiger partial charge is 0.202 e. The third-order valence-corrected chi connectivity index (χ3v) is 6.03. The van der Waals surface area contributed by atoms with Gasteiger partial charge in [0, 0.05) is 24.0 Å². The monoisotopic (exact) mass is 362 g/mol. The van der Waals surface area contributed by atoms with Crippen molar-refractivity contribution in [2.75, 3.05) is 20.7 Å². The summed E-state index contributed by atoms with van der Waals surface area (Å²) in [7, 11) is 3.71. The molecule has 138 valence electrons. The highest BCUT2D eigenvalue weighted by atomic mass is 16.5. The molecule has 2 fully saturated rings. The zero-order valence-electron chi connectivity index (χ0n) is 15.4. The summed E-state index contributed by atoms with van der Waals surface area (Å²) < 4.78 is 5.23. The number of aromatic nitrogens is 2. The third kappa shape index (κ3) is 2.56. The predicted octanol–water partition coefficient (Wildman–Crippen LogP) is 2.47. The van der Waals surface area contributed by atoms with Crippen molar-refractivity contribution in [1.29, 1.82) is 0 Å². The summed E-state index contributed by atoms with van der Waals surface area (Å²) >= 11 is 0. The van der Waals surface area contributed by atoms with Gasteiger partial charge in [0.2, 0.25) is 5.78 Å². The number of hydrogen-bond acceptors (Lipinski definition) is 5. The molecule has 0 radical (unpaired) electrons. The molecule has 0 spiro atoms. The molecule has 2 aliphatic heterocycles. The zero-order valence-corrected chi connectivity index (χ0v) is 15.4. The first-order chi connectivity index (χ1) is 13.2. The second-order valence-corrected chi connectivity index (χ2v) is 7.44. The standard InChI is InChI=1S/C21H22N4O2/c1-25-14-10-18(22-11-14)20(25)21(26)19-16-9-13(5-8-17(16)23-24-19)12-3-6-15(27-2)7-4-12/h3-9,14,18,20,22H,10-11H2,1-2H3,(H,23,24)/t14-,18+,20?/m0/s1. The maximum absolute atomic E-state index is 13.3. The lowest BCUT2D eigenvalue weighted by Crippen LogP contribution is -2.53. The highest BCUT2D eigenvalue weighted by Gasteiger charge is 2.48. The first-order valence-corrected chi connectivity index (χ1v) is 9.28. The number of likely N-dealkylation sites (tertiary alicyclic amines) is 1. The van der Waals surface area contributed by atoms with Gasteiger partial charge < -0.3 is 10.1 Å². The normalized spacial score (nSPS) is 24.6. The number of piperazine rings is 1. The van der Waals surface area contributed by atoms with Gasteiger partial charge in [0.25, 0.3) is 0 Å². The lowest BCUT2D eigenvalue weighted by molar-refractivity contribution is 0.0811. The van der Waals surface area contributed by atoms with Crippen LogP contribution < -0.4 is 10.1 Å². The van der Waals surface area contributed by atoms with Crippen LogP contribution in [0.5, 0.6) is 5.75 Å². The van der Waals surface area contributed by atoms with Crippen molar-refractivity contribution >= 4 is 16.7 Å². The molecule has 0 aliphatic carbocycles. The fourth-order valence-electron chi connectivity index (χ4n) is 4.48. The van der Waals surface area contributed by atoms with Gasteiger partial charge in [-0.25, -0.2) is 0 Å². The van der Waals surface area contributed by atoms with E-state index in [4.69, 9.17) is 4.74 Å². The number of methoxy groups -OCH3 is 1. The minimum Gasteiger partial charge on any atom is -0.497 e. The third-order valence-electron chi connectivity index (χ3n) is 6.03. The van der Waals surface area contributed by atoms with E-state index >= 15 is 0 Å². The van der Waals surface area contributed by atoms with Gasteiger partial charge in [-0.3, -0.25) is 14.8 Å². The average Bonchev–Trinajstić information content (AvgIpc) is 3.41. The van der Waals surface area contributed by atoms with Crippen LogP contribution in [0, 0.1) is 0 Å². The van der Waals surface area contributed by atoms with Crippen LogP contribution >= 0.6 is 0 Å². The molecule has 0 amide bonds. The number of ether oxygens (including phenoxy) is 1. The van der Waals surface area contributed by atoms with Gasteiger partial charge in [0.1, 0.15) is 11.4 Å². The van der Waals surface area contributed by atoms with Crippen molar-refractivity contribution in [2.24, 2.45) is 0 Å². The zero-order chi connectivity index (χ0) is 18.5. The van der Waals surface area contributed by atoms with E-state index in [1.807, 2.05) is 43.4 Å². The molecule has 2 bridgehead atoms. The van der Waals surface area contributed by atoms with Crippen molar-refractivity contribution < 1.29 is 9.53 Å². The quantitative estimate of drug-likeness (QED) is 0.698. The van der Waals surface area contributed by atoms with Crippen LogP contribution in [0.3, 0.4) is 0 Å². The maximum Gasteiger partial charge on any atom is 0.202 e. The molecule has 3 aromatic rings. The Bertz CT molecular complexity index is 1010. The molecule has 6 heteroatoms. The summed E-state index contributed by atoms with van der Waals surface area (Å²) in [6.07, 6.45) is 1.03. The number of carbonyl (C=O) groups is 1. The number of rotatable bonds is 4. The van der Waals surface area contributed by atoms with Crippen LogP contribution in [0.1, 0.15) is 16.9 Å². The summed E-state index contributed by atoms with van der Waals surface area (Å²) in [4.78, 5) is 15.5. The van der Waals surface area contributed by atoms with Crippen molar-refractivity contribution in [1.82, 2.24) is 20.4 Å². The van der Waals surface area contributed by atoms with Crippen molar-refractivity contribution in [2.45, 2.75) is 24.5 Å². The Morgan fingerprint density at radius 2 is 1.96 bits per heavy atom. The molecule has 2 aliphatic rings. The second-order valence-electron chi connectivity index (χ2n) is 7.44. The molecular weight excluding hydrogens is 340 g/mol. The van der Waals surface area contributed by atoms with Crippen LogP contribution in [0.4, 0.5) is 0 Å². The fourth-order valence-corrected chi connectivity index (χ4v) is 4.48. The summed E-state index contributed by atoms with van der Waals surface area (Å²) in [5, 5.41) is 11.7. The number of Topliss-reactive ketones (excluding diaryl/α,β-unsaturated/α-hetero) is 1. The number of carbonyl (C=O) groups excluding carboxylic acids is 1. The van der Waals surface area contributed by atoms with Crippen LogP contribution in [0.2, 0.25) is 0 Å². The Morgan fingerprint density at radius 3 is 2.67 bits per heavy atom. The highest BCUT2D eigenvalue weighted by Crippen LogP contribution is 2.32. The SMILES string of the molecule is COc1ccc(-c2ccc3[nH]nc(C(=O)C4[C@H]5C[C@@H](CN5)N4C)c3c2)cc1. The molecule has 5 rings (SSSR count). The van der Waals surface area contributed by atoms with Gasteiger partial charge in [0.15, 0.2) is 0 Å². The Morgan fingerprint density at radius 1 is 1.19 bits per heavy atom. The molecule has 2 aromatic carbocycles. The van der Waals surface area contributed by atoms with E-state index < -0.39 is 0 Å². The molecule has 1 unspecified atom stereocenters. The Kier molecular flexibility index (Phi) is 3.77. The number of H-pyrrole nitrogens is 1. The van der Waals surface area contributed by atoms with E-state index in [9.17, 15) is 4.79 Å². The fraction of sp³-hybridized carbons (Fsp3) is 0.333. The second kappa shape index (κ2) is 6.18. The van der Waals surface area contributed by atoms with Gasteiger partial charge in [-0.2, -0.15) is 5.10 Å². The van der Waals surface area contributed by atoms with E-state index in [2.05, 4.69) is 26.5 Å². The highest BCUT2D eigenvalue weighted by molar-refractivity contribution is 6.09. The predicted molar refractivity (Wildman–Crippen MR) is 104 cm³/mol. The molecule has 2 N–H and O–H groups in total. The first kappa shape index (κ1) is 16.5. The number of aromatic amines is 1. The Hall–Kier alpha value is -2.70. The van der Waals surface area contributed by atoms with Crippen LogP contribution in [-0.2, 0) is 0 Å². The van der Waals surface area contributed by atoms with E-state index in [1.54, 1.807) is 7.11 Å². The van der Waals surface area contributed by atoms with Gasteiger partial charge in [0.05, 0.1) is 18.7 Å². The van der Waals surface area contributed by atoms with Gasteiger partial charge in [-0.05, 0) is 48.9 Å². The van der Waals surface area contributed by atoms with Crippen molar-refractivity contribution in [3.8, 4) is 16.9 Å². The van der Waals surface area contributed by atoms with Crippen LogP contribution in [0.25, 0.3) is 22.0 Å².